The van der Waals surface area contributed by atoms with E-state index in [0.717, 1.165) is 19.5 Å². The molecule has 2 heterocycles. The molecule has 2 rings (SSSR count). The topological polar surface area (TPSA) is 66.3 Å². The molecule has 0 spiro atoms. The number of carboxylic acids is 1. The number of carbonyl (C=O) groups is 1. The number of nitrogens with zero attached hydrogens (tertiary/aromatic N) is 3. The lowest BCUT2D eigenvalue weighted by Gasteiger charge is -2.26. The fourth-order valence-electron chi connectivity index (χ4n) is 1.72. The van der Waals surface area contributed by atoms with Gasteiger partial charge < -0.3 is 10.0 Å². The molecule has 1 aromatic rings. The summed E-state index contributed by atoms with van der Waals surface area (Å²) in [5, 5.41) is 8.83. The Morgan fingerprint density at radius 2 is 2.31 bits per heavy atom. The molecule has 0 bridgehead atoms. The number of hydrogen-bond donors (Lipinski definition) is 1. The van der Waals surface area contributed by atoms with E-state index in [2.05, 4.69) is 23.0 Å². The lowest BCUT2D eigenvalue weighted by molar-refractivity contribution is 0.0690. The monoisotopic (exact) mass is 219 g/mol. The maximum atomic E-state index is 10.8. The molecule has 1 N–H and O–H groups in total. The van der Waals surface area contributed by atoms with E-state index in [9.17, 15) is 4.79 Å². The van der Waals surface area contributed by atoms with Crippen LogP contribution in [0.3, 0.4) is 0 Å². The summed E-state index contributed by atoms with van der Waals surface area (Å²) >= 11 is 0. The maximum absolute atomic E-state index is 10.8. The highest BCUT2D eigenvalue weighted by molar-refractivity contribution is 5.85. The van der Waals surface area contributed by atoms with Gasteiger partial charge in [0.05, 0.1) is 12.4 Å². The van der Waals surface area contributed by atoms with Gasteiger partial charge in [0.25, 0.3) is 0 Å². The smallest absolute Gasteiger partial charge is 0.356 e. The van der Waals surface area contributed by atoms with Crippen LogP contribution in [0.4, 0.5) is 5.82 Å². The van der Waals surface area contributed by atoms with Gasteiger partial charge in [-0.1, -0.05) is 11.6 Å². The van der Waals surface area contributed by atoms with Crippen molar-refractivity contribution in [1.82, 2.24) is 9.97 Å². The van der Waals surface area contributed by atoms with Crippen molar-refractivity contribution in [2.24, 2.45) is 0 Å². The van der Waals surface area contributed by atoms with Crippen LogP contribution in [0, 0.1) is 0 Å². The zero-order chi connectivity index (χ0) is 11.5. The number of aromatic carboxylic acids is 1. The van der Waals surface area contributed by atoms with Gasteiger partial charge in [0.2, 0.25) is 0 Å². The molecule has 0 aliphatic carbocycles. The van der Waals surface area contributed by atoms with Gasteiger partial charge in [-0.3, -0.25) is 4.98 Å². The van der Waals surface area contributed by atoms with Gasteiger partial charge in [-0.15, -0.1) is 0 Å². The van der Waals surface area contributed by atoms with Gasteiger partial charge in [-0.2, -0.15) is 0 Å². The number of hydrogen-bond acceptors (Lipinski definition) is 4. The predicted octanol–water partition coefficient (Wildman–Crippen LogP) is 1.33. The number of rotatable bonds is 2. The highest BCUT2D eigenvalue weighted by Crippen LogP contribution is 2.16. The van der Waals surface area contributed by atoms with Crippen LogP contribution < -0.4 is 4.90 Å². The fraction of sp³-hybridized carbons (Fsp3) is 0.364. The molecule has 0 aromatic carbocycles. The molecule has 0 saturated carbocycles. The maximum Gasteiger partial charge on any atom is 0.356 e. The zero-order valence-electron chi connectivity index (χ0n) is 9.05. The molecule has 84 valence electrons. The molecule has 1 aliphatic rings. The van der Waals surface area contributed by atoms with E-state index in [0.29, 0.717) is 5.82 Å². The highest BCUT2D eigenvalue weighted by atomic mass is 16.4. The largest absolute Gasteiger partial charge is 0.476 e. The van der Waals surface area contributed by atoms with Crippen molar-refractivity contribution >= 4 is 11.8 Å². The second-order valence-corrected chi connectivity index (χ2v) is 3.83. The molecule has 0 saturated heterocycles. The quantitative estimate of drug-likeness (QED) is 0.760. The van der Waals surface area contributed by atoms with Crippen LogP contribution in [-0.4, -0.2) is 34.1 Å². The van der Waals surface area contributed by atoms with E-state index in [1.54, 1.807) is 6.20 Å². The van der Waals surface area contributed by atoms with E-state index < -0.39 is 5.97 Å². The summed E-state index contributed by atoms with van der Waals surface area (Å²) in [6, 6.07) is 0. The van der Waals surface area contributed by atoms with Crippen LogP contribution in [0.5, 0.6) is 0 Å². The van der Waals surface area contributed by atoms with Gasteiger partial charge in [0, 0.05) is 13.1 Å². The fourth-order valence-corrected chi connectivity index (χ4v) is 1.72. The number of aromatic nitrogens is 2. The first kappa shape index (κ1) is 10.6. The SMILES string of the molecule is CC1=CCCN(c2cncc(C(=O)O)n2)C1. The third-order valence-corrected chi connectivity index (χ3v) is 2.50. The van der Waals surface area contributed by atoms with Gasteiger partial charge in [-0.05, 0) is 13.3 Å². The molecular weight excluding hydrogens is 206 g/mol. The van der Waals surface area contributed by atoms with Crippen molar-refractivity contribution in [3.05, 3.63) is 29.7 Å². The second-order valence-electron chi connectivity index (χ2n) is 3.83. The van der Waals surface area contributed by atoms with E-state index in [-0.39, 0.29) is 5.69 Å². The van der Waals surface area contributed by atoms with Crippen LogP contribution in [0.1, 0.15) is 23.8 Å². The van der Waals surface area contributed by atoms with Crippen molar-refractivity contribution in [2.75, 3.05) is 18.0 Å². The molecule has 1 aliphatic heterocycles. The summed E-state index contributed by atoms with van der Waals surface area (Å²) < 4.78 is 0. The van der Waals surface area contributed by atoms with Crippen LogP contribution >= 0.6 is 0 Å². The van der Waals surface area contributed by atoms with E-state index in [1.807, 2.05) is 4.90 Å². The van der Waals surface area contributed by atoms with Crippen molar-refractivity contribution in [1.29, 1.82) is 0 Å². The first-order valence-electron chi connectivity index (χ1n) is 5.13. The Morgan fingerprint density at radius 3 is 3.00 bits per heavy atom. The molecule has 0 unspecified atom stereocenters. The first-order valence-corrected chi connectivity index (χ1v) is 5.13. The van der Waals surface area contributed by atoms with Crippen LogP contribution in [0.15, 0.2) is 24.0 Å². The van der Waals surface area contributed by atoms with Gasteiger partial charge in [0.1, 0.15) is 5.82 Å². The lowest BCUT2D eigenvalue weighted by atomic mass is 10.1. The summed E-state index contributed by atoms with van der Waals surface area (Å²) in [6.07, 6.45) is 6.01. The Hall–Kier alpha value is -1.91. The molecule has 0 atom stereocenters. The minimum Gasteiger partial charge on any atom is -0.476 e. The summed E-state index contributed by atoms with van der Waals surface area (Å²) in [7, 11) is 0. The third kappa shape index (κ3) is 2.18. The lowest BCUT2D eigenvalue weighted by Crippen LogP contribution is -2.30. The van der Waals surface area contributed by atoms with E-state index >= 15 is 0 Å². The third-order valence-electron chi connectivity index (χ3n) is 2.50. The molecule has 0 fully saturated rings. The Bertz CT molecular complexity index is 443. The Kier molecular flexibility index (Phi) is 2.85. The van der Waals surface area contributed by atoms with Gasteiger partial charge in [-0.25, -0.2) is 9.78 Å². The molecule has 0 amide bonds. The average molecular weight is 219 g/mol. The van der Waals surface area contributed by atoms with E-state index in [1.165, 1.54) is 11.8 Å². The molecule has 0 radical (unpaired) electrons. The minimum atomic E-state index is -1.04. The summed E-state index contributed by atoms with van der Waals surface area (Å²) in [6.45, 7) is 3.70. The standard InChI is InChI=1S/C11H13N3O2/c1-8-3-2-4-14(7-8)10-6-12-5-9(13-10)11(15)16/h3,5-6H,2,4,7H2,1H3,(H,15,16). The average Bonchev–Trinajstić information content (AvgIpc) is 2.29. The van der Waals surface area contributed by atoms with Crippen molar-refractivity contribution in [3.8, 4) is 0 Å². The minimum absolute atomic E-state index is 0.00953. The molecular formula is C11H13N3O2. The highest BCUT2D eigenvalue weighted by Gasteiger charge is 2.14. The first-order chi connectivity index (χ1) is 7.66. The zero-order valence-corrected chi connectivity index (χ0v) is 9.05. The van der Waals surface area contributed by atoms with Crippen molar-refractivity contribution < 1.29 is 9.90 Å². The normalized spacial score (nSPS) is 15.8. The molecule has 5 nitrogen and oxygen atoms in total. The van der Waals surface area contributed by atoms with Crippen LogP contribution in [0.25, 0.3) is 0 Å². The van der Waals surface area contributed by atoms with E-state index in [4.69, 9.17) is 5.11 Å². The molecule has 1 aromatic heterocycles. The van der Waals surface area contributed by atoms with Crippen LogP contribution in [-0.2, 0) is 0 Å². The summed E-state index contributed by atoms with van der Waals surface area (Å²) in [5.74, 6) is -0.411. The van der Waals surface area contributed by atoms with Gasteiger partial charge >= 0.3 is 5.97 Å². The second kappa shape index (κ2) is 4.30. The Morgan fingerprint density at radius 1 is 1.50 bits per heavy atom. The summed E-state index contributed by atoms with van der Waals surface area (Å²) in [4.78, 5) is 20.8. The Labute approximate surface area is 93.4 Å². The Balaban J connectivity index is 2.24. The van der Waals surface area contributed by atoms with Crippen LogP contribution in [0.2, 0.25) is 0 Å². The van der Waals surface area contributed by atoms with Crippen molar-refractivity contribution in [2.45, 2.75) is 13.3 Å². The predicted molar refractivity (Wildman–Crippen MR) is 59.6 cm³/mol. The molecule has 16 heavy (non-hydrogen) atoms. The summed E-state index contributed by atoms with van der Waals surface area (Å²) in [5.41, 5.74) is 1.26. The number of carboxylic acid groups (broad SMARTS) is 1. The number of anilines is 1. The van der Waals surface area contributed by atoms with Crippen molar-refractivity contribution in [3.63, 3.8) is 0 Å². The molecule has 5 heteroatoms. The van der Waals surface area contributed by atoms with Gasteiger partial charge in [0.15, 0.2) is 5.69 Å².